The molecule has 0 amide bonds. The molecule has 0 unspecified atom stereocenters. The molecule has 4 rings (SSSR count). The lowest BCUT2D eigenvalue weighted by Gasteiger charge is -2.13. The van der Waals surface area contributed by atoms with E-state index in [2.05, 4.69) is 10.1 Å². The first-order valence-corrected chi connectivity index (χ1v) is 9.31. The number of fused-ring (bicyclic) bond motifs is 1. The Kier molecular flexibility index (Phi) is 4.89. The zero-order chi connectivity index (χ0) is 19.5. The van der Waals surface area contributed by atoms with E-state index in [4.69, 9.17) is 4.74 Å². The maximum atomic E-state index is 12.8. The molecule has 2 aromatic heterocycles. The van der Waals surface area contributed by atoms with Crippen molar-refractivity contribution >= 4 is 16.9 Å². The SMILES string of the molecule is CCc1nc2ccccc2c(C)c1C(=O)OCc1ccc(-n2cccn2)cc1. The summed E-state index contributed by atoms with van der Waals surface area (Å²) in [6, 6.07) is 17.5. The van der Waals surface area contributed by atoms with Crippen molar-refractivity contribution in [2.75, 3.05) is 0 Å². The van der Waals surface area contributed by atoms with Crippen LogP contribution in [0.5, 0.6) is 0 Å². The second kappa shape index (κ2) is 7.64. The molecule has 0 radical (unpaired) electrons. The van der Waals surface area contributed by atoms with Gasteiger partial charge >= 0.3 is 5.97 Å². The summed E-state index contributed by atoms with van der Waals surface area (Å²) in [7, 11) is 0. The molecule has 5 heteroatoms. The van der Waals surface area contributed by atoms with Gasteiger partial charge in [-0.2, -0.15) is 5.10 Å². The number of hydrogen-bond acceptors (Lipinski definition) is 4. The lowest BCUT2D eigenvalue weighted by Crippen LogP contribution is -2.12. The minimum atomic E-state index is -0.330. The van der Waals surface area contributed by atoms with Crippen molar-refractivity contribution < 1.29 is 9.53 Å². The fraction of sp³-hybridized carbons (Fsp3) is 0.174. The van der Waals surface area contributed by atoms with Crippen molar-refractivity contribution in [3.05, 3.63) is 89.4 Å². The monoisotopic (exact) mass is 371 g/mol. The number of esters is 1. The maximum absolute atomic E-state index is 12.8. The Morgan fingerprint density at radius 1 is 1.07 bits per heavy atom. The van der Waals surface area contributed by atoms with Gasteiger partial charge in [-0.05, 0) is 48.7 Å². The zero-order valence-corrected chi connectivity index (χ0v) is 15.9. The van der Waals surface area contributed by atoms with Crippen LogP contribution in [0.1, 0.15) is 34.1 Å². The molecule has 0 fully saturated rings. The van der Waals surface area contributed by atoms with E-state index in [-0.39, 0.29) is 12.6 Å². The third-order valence-electron chi connectivity index (χ3n) is 4.84. The molecule has 28 heavy (non-hydrogen) atoms. The molecule has 5 nitrogen and oxygen atoms in total. The Morgan fingerprint density at radius 3 is 2.57 bits per heavy atom. The minimum absolute atomic E-state index is 0.216. The van der Waals surface area contributed by atoms with E-state index in [1.807, 2.05) is 74.6 Å². The largest absolute Gasteiger partial charge is 0.457 e. The van der Waals surface area contributed by atoms with Crippen LogP contribution in [-0.4, -0.2) is 20.7 Å². The number of aromatic nitrogens is 3. The number of benzene rings is 2. The minimum Gasteiger partial charge on any atom is -0.457 e. The topological polar surface area (TPSA) is 57.0 Å². The van der Waals surface area contributed by atoms with Crippen molar-refractivity contribution in [3.63, 3.8) is 0 Å². The molecule has 2 aromatic carbocycles. The van der Waals surface area contributed by atoms with Gasteiger partial charge in [0, 0.05) is 17.8 Å². The predicted octanol–water partition coefficient (Wildman–Crippen LogP) is 4.65. The fourth-order valence-electron chi connectivity index (χ4n) is 3.35. The number of hydrogen-bond donors (Lipinski definition) is 0. The first kappa shape index (κ1) is 17.9. The van der Waals surface area contributed by atoms with Crippen LogP contribution < -0.4 is 0 Å². The van der Waals surface area contributed by atoms with E-state index in [0.29, 0.717) is 12.0 Å². The standard InChI is InChI=1S/C23H21N3O2/c1-3-20-22(16(2)19-7-4-5-8-21(19)25-20)23(27)28-15-17-9-11-18(12-10-17)26-14-6-13-24-26/h4-14H,3,15H2,1-2H3. The number of para-hydroxylation sites is 1. The molecule has 2 heterocycles. The van der Waals surface area contributed by atoms with E-state index < -0.39 is 0 Å². The third-order valence-corrected chi connectivity index (χ3v) is 4.84. The smallest absolute Gasteiger partial charge is 0.340 e. The Balaban J connectivity index is 1.54. The van der Waals surface area contributed by atoms with Crippen LogP contribution in [-0.2, 0) is 17.8 Å². The van der Waals surface area contributed by atoms with E-state index >= 15 is 0 Å². The predicted molar refractivity (Wildman–Crippen MR) is 109 cm³/mol. The van der Waals surface area contributed by atoms with Crippen LogP contribution in [0.3, 0.4) is 0 Å². The molecule has 0 bridgehead atoms. The van der Waals surface area contributed by atoms with Crippen molar-refractivity contribution in [2.24, 2.45) is 0 Å². The second-order valence-corrected chi connectivity index (χ2v) is 6.62. The summed E-state index contributed by atoms with van der Waals surface area (Å²) >= 11 is 0. The van der Waals surface area contributed by atoms with E-state index in [1.54, 1.807) is 10.9 Å². The second-order valence-electron chi connectivity index (χ2n) is 6.62. The normalized spacial score (nSPS) is 10.9. The molecule has 0 atom stereocenters. The van der Waals surface area contributed by atoms with Gasteiger partial charge in [0.2, 0.25) is 0 Å². The number of ether oxygens (including phenoxy) is 1. The average Bonchev–Trinajstić information content (AvgIpc) is 3.27. The first-order chi connectivity index (χ1) is 13.7. The molecule has 0 aliphatic rings. The summed E-state index contributed by atoms with van der Waals surface area (Å²) in [5, 5.41) is 5.19. The summed E-state index contributed by atoms with van der Waals surface area (Å²) in [6.45, 7) is 4.17. The molecule has 0 aliphatic heterocycles. The summed E-state index contributed by atoms with van der Waals surface area (Å²) in [4.78, 5) is 17.5. The molecule has 0 N–H and O–H groups in total. The summed E-state index contributed by atoms with van der Waals surface area (Å²) in [5.41, 5.74) is 5.06. The van der Waals surface area contributed by atoms with Gasteiger partial charge in [0.05, 0.1) is 22.5 Å². The summed E-state index contributed by atoms with van der Waals surface area (Å²) in [6.07, 6.45) is 4.30. The maximum Gasteiger partial charge on any atom is 0.340 e. The number of carbonyl (C=O) groups is 1. The number of pyridine rings is 1. The molecule has 4 aromatic rings. The molecular weight excluding hydrogens is 350 g/mol. The third kappa shape index (κ3) is 3.39. The molecule has 0 aliphatic carbocycles. The lowest BCUT2D eigenvalue weighted by molar-refractivity contribution is 0.0470. The first-order valence-electron chi connectivity index (χ1n) is 9.31. The van der Waals surface area contributed by atoms with Gasteiger partial charge in [0.25, 0.3) is 0 Å². The van der Waals surface area contributed by atoms with Crippen LogP contribution in [0.25, 0.3) is 16.6 Å². The van der Waals surface area contributed by atoms with Gasteiger partial charge in [-0.1, -0.05) is 37.3 Å². The van der Waals surface area contributed by atoms with Crippen molar-refractivity contribution in [1.82, 2.24) is 14.8 Å². The van der Waals surface area contributed by atoms with Crippen LogP contribution in [0.15, 0.2) is 67.0 Å². The van der Waals surface area contributed by atoms with Gasteiger partial charge in [-0.3, -0.25) is 4.98 Å². The van der Waals surface area contributed by atoms with Gasteiger partial charge in [0.15, 0.2) is 0 Å². The van der Waals surface area contributed by atoms with Gasteiger partial charge in [-0.15, -0.1) is 0 Å². The number of carbonyl (C=O) groups excluding carboxylic acids is 1. The Hall–Kier alpha value is -3.47. The number of rotatable bonds is 5. The van der Waals surface area contributed by atoms with Gasteiger partial charge < -0.3 is 4.74 Å². The Labute approximate surface area is 163 Å². The highest BCUT2D eigenvalue weighted by molar-refractivity contribution is 5.98. The fourth-order valence-corrected chi connectivity index (χ4v) is 3.35. The summed E-state index contributed by atoms with van der Waals surface area (Å²) < 4.78 is 7.40. The van der Waals surface area contributed by atoms with Crippen molar-refractivity contribution in [3.8, 4) is 5.69 Å². The molecular formula is C23H21N3O2. The highest BCUT2D eigenvalue weighted by atomic mass is 16.5. The number of nitrogens with zero attached hydrogens (tertiary/aromatic N) is 3. The lowest BCUT2D eigenvalue weighted by atomic mass is 10.0. The van der Waals surface area contributed by atoms with Crippen LogP contribution in [0, 0.1) is 6.92 Å². The molecule has 140 valence electrons. The van der Waals surface area contributed by atoms with E-state index in [1.165, 1.54) is 0 Å². The zero-order valence-electron chi connectivity index (χ0n) is 15.9. The van der Waals surface area contributed by atoms with E-state index in [9.17, 15) is 4.79 Å². The molecule has 0 spiro atoms. The highest BCUT2D eigenvalue weighted by Crippen LogP contribution is 2.24. The highest BCUT2D eigenvalue weighted by Gasteiger charge is 2.19. The van der Waals surface area contributed by atoms with Crippen LogP contribution in [0.2, 0.25) is 0 Å². The summed E-state index contributed by atoms with van der Waals surface area (Å²) in [5.74, 6) is -0.330. The van der Waals surface area contributed by atoms with Crippen LogP contribution >= 0.6 is 0 Å². The van der Waals surface area contributed by atoms with Crippen molar-refractivity contribution in [1.29, 1.82) is 0 Å². The van der Waals surface area contributed by atoms with E-state index in [0.717, 1.165) is 33.4 Å². The van der Waals surface area contributed by atoms with Crippen molar-refractivity contribution in [2.45, 2.75) is 26.9 Å². The van der Waals surface area contributed by atoms with Gasteiger partial charge in [0.1, 0.15) is 6.61 Å². The average molecular weight is 371 g/mol. The quantitative estimate of drug-likeness (QED) is 0.479. The molecule has 0 saturated carbocycles. The Bertz CT molecular complexity index is 1120. The van der Waals surface area contributed by atoms with Gasteiger partial charge in [-0.25, -0.2) is 9.48 Å². The van der Waals surface area contributed by atoms with Crippen LogP contribution in [0.4, 0.5) is 0 Å². The number of aryl methyl sites for hydroxylation is 2. The Morgan fingerprint density at radius 2 is 1.86 bits per heavy atom. The molecule has 0 saturated heterocycles.